The predicted octanol–water partition coefficient (Wildman–Crippen LogP) is 4.22. The molecule has 0 bridgehead atoms. The lowest BCUT2D eigenvalue weighted by Gasteiger charge is -2.11. The SMILES string of the molecule is Cc1cc(CCCCCOc2c(Cl)cc(C3=NC(CO)CO3)cc2Cl)on1. The highest BCUT2D eigenvalue weighted by Gasteiger charge is 2.21. The third-order valence-electron chi connectivity index (χ3n) is 4.16. The van der Waals surface area contributed by atoms with Crippen LogP contribution in [0.25, 0.3) is 0 Å². The maximum absolute atomic E-state index is 9.14. The molecule has 27 heavy (non-hydrogen) atoms. The molecule has 1 unspecified atom stereocenters. The van der Waals surface area contributed by atoms with E-state index >= 15 is 0 Å². The van der Waals surface area contributed by atoms with Gasteiger partial charge in [0.1, 0.15) is 18.4 Å². The second kappa shape index (κ2) is 9.44. The quantitative estimate of drug-likeness (QED) is 0.623. The number of halogens is 2. The Hall–Kier alpha value is -1.76. The number of aliphatic hydroxyl groups is 1. The summed E-state index contributed by atoms with van der Waals surface area (Å²) in [5, 5.41) is 13.8. The number of hydrogen-bond acceptors (Lipinski definition) is 6. The number of aliphatic hydroxyl groups excluding tert-OH is 1. The van der Waals surface area contributed by atoms with Gasteiger partial charge in [-0.25, -0.2) is 4.99 Å². The zero-order valence-electron chi connectivity index (χ0n) is 15.1. The van der Waals surface area contributed by atoms with Crippen LogP contribution in [0.1, 0.15) is 36.3 Å². The van der Waals surface area contributed by atoms with Gasteiger partial charge in [-0.2, -0.15) is 0 Å². The lowest BCUT2D eigenvalue weighted by Crippen LogP contribution is -2.10. The fraction of sp³-hybridized carbons (Fsp3) is 0.474. The van der Waals surface area contributed by atoms with E-state index < -0.39 is 0 Å². The maximum Gasteiger partial charge on any atom is 0.216 e. The molecular weight excluding hydrogens is 391 g/mol. The first kappa shape index (κ1) is 20.0. The molecule has 0 spiro atoms. The number of rotatable bonds is 9. The van der Waals surface area contributed by atoms with E-state index in [-0.39, 0.29) is 12.6 Å². The van der Waals surface area contributed by atoms with Crippen LogP contribution in [-0.4, -0.2) is 42.0 Å². The zero-order valence-corrected chi connectivity index (χ0v) is 16.6. The van der Waals surface area contributed by atoms with Crippen LogP contribution in [0.2, 0.25) is 10.0 Å². The molecule has 3 rings (SSSR count). The molecule has 1 aliphatic heterocycles. The van der Waals surface area contributed by atoms with Crippen LogP contribution < -0.4 is 4.74 Å². The number of aliphatic imine (C=N–C) groups is 1. The summed E-state index contributed by atoms with van der Waals surface area (Å²) in [5.41, 5.74) is 1.58. The van der Waals surface area contributed by atoms with Gasteiger partial charge in [-0.1, -0.05) is 28.4 Å². The van der Waals surface area contributed by atoms with Crippen molar-refractivity contribution in [3.63, 3.8) is 0 Å². The van der Waals surface area contributed by atoms with Gasteiger partial charge < -0.3 is 19.1 Å². The summed E-state index contributed by atoms with van der Waals surface area (Å²) in [6.07, 6.45) is 3.76. The van der Waals surface area contributed by atoms with Gasteiger partial charge in [-0.15, -0.1) is 0 Å². The molecule has 1 aromatic carbocycles. The lowest BCUT2D eigenvalue weighted by atomic mass is 10.1. The van der Waals surface area contributed by atoms with Gasteiger partial charge in [0.25, 0.3) is 0 Å². The Balaban J connectivity index is 1.47. The second-order valence-corrected chi connectivity index (χ2v) is 7.26. The first-order valence-electron chi connectivity index (χ1n) is 8.92. The zero-order chi connectivity index (χ0) is 19.2. The molecule has 6 nitrogen and oxygen atoms in total. The number of ether oxygens (including phenoxy) is 2. The lowest BCUT2D eigenvalue weighted by molar-refractivity contribution is 0.227. The third-order valence-corrected chi connectivity index (χ3v) is 4.72. The molecule has 0 radical (unpaired) electrons. The molecule has 0 amide bonds. The topological polar surface area (TPSA) is 77.1 Å². The van der Waals surface area contributed by atoms with E-state index in [1.807, 2.05) is 13.0 Å². The van der Waals surface area contributed by atoms with Crippen LogP contribution in [0.15, 0.2) is 27.7 Å². The summed E-state index contributed by atoms with van der Waals surface area (Å²) < 4.78 is 16.4. The van der Waals surface area contributed by atoms with Crippen molar-refractivity contribution in [1.82, 2.24) is 5.16 Å². The first-order valence-corrected chi connectivity index (χ1v) is 9.68. The van der Waals surface area contributed by atoms with E-state index in [9.17, 15) is 0 Å². The van der Waals surface area contributed by atoms with Crippen LogP contribution >= 0.6 is 23.2 Å². The third kappa shape index (κ3) is 5.37. The number of hydrogen-bond donors (Lipinski definition) is 1. The van der Waals surface area contributed by atoms with E-state index in [0.717, 1.165) is 37.1 Å². The standard InChI is InChI=1S/C19H22Cl2N2O4/c1-12-7-15(27-23-12)5-3-2-4-6-25-18-16(20)8-13(9-17(18)21)19-22-14(10-24)11-26-19/h7-9,14,24H,2-6,10-11H2,1H3. The minimum Gasteiger partial charge on any atom is -0.490 e. The highest BCUT2D eigenvalue weighted by atomic mass is 35.5. The van der Waals surface area contributed by atoms with Gasteiger partial charge in [-0.05, 0) is 38.3 Å². The predicted molar refractivity (Wildman–Crippen MR) is 104 cm³/mol. The van der Waals surface area contributed by atoms with E-state index in [2.05, 4.69) is 10.1 Å². The number of unbranched alkanes of at least 4 members (excludes halogenated alkanes) is 2. The number of benzene rings is 1. The largest absolute Gasteiger partial charge is 0.490 e. The molecule has 0 saturated heterocycles. The minimum atomic E-state index is -0.241. The van der Waals surface area contributed by atoms with E-state index in [1.54, 1.807) is 12.1 Å². The molecule has 1 aliphatic rings. The maximum atomic E-state index is 9.14. The molecule has 1 N–H and O–H groups in total. The van der Waals surface area contributed by atoms with Crippen LogP contribution in [0, 0.1) is 6.92 Å². The number of aromatic nitrogens is 1. The van der Waals surface area contributed by atoms with Crippen molar-refractivity contribution in [3.8, 4) is 5.75 Å². The Bertz CT molecular complexity index is 784. The molecule has 1 atom stereocenters. The van der Waals surface area contributed by atoms with Crippen molar-refractivity contribution in [2.75, 3.05) is 19.8 Å². The molecular formula is C19H22Cl2N2O4. The van der Waals surface area contributed by atoms with Gasteiger partial charge in [-0.3, -0.25) is 0 Å². The molecule has 0 aliphatic carbocycles. The Morgan fingerprint density at radius 1 is 1.19 bits per heavy atom. The summed E-state index contributed by atoms with van der Waals surface area (Å²) in [5.74, 6) is 1.81. The Kier molecular flexibility index (Phi) is 6.99. The summed E-state index contributed by atoms with van der Waals surface area (Å²) in [6, 6.07) is 5.15. The van der Waals surface area contributed by atoms with Crippen molar-refractivity contribution in [2.45, 2.75) is 38.6 Å². The normalized spacial score (nSPS) is 16.3. The first-order chi connectivity index (χ1) is 13.1. The summed E-state index contributed by atoms with van der Waals surface area (Å²) in [4.78, 5) is 4.29. The molecule has 0 fully saturated rings. The van der Waals surface area contributed by atoms with Crippen LogP contribution in [0.4, 0.5) is 0 Å². The Morgan fingerprint density at radius 2 is 1.96 bits per heavy atom. The number of nitrogens with zero attached hydrogens (tertiary/aromatic N) is 2. The van der Waals surface area contributed by atoms with Gasteiger partial charge >= 0.3 is 0 Å². The molecule has 2 aromatic rings. The van der Waals surface area contributed by atoms with Crippen LogP contribution in [0.5, 0.6) is 5.75 Å². The smallest absolute Gasteiger partial charge is 0.216 e. The van der Waals surface area contributed by atoms with E-state index in [4.69, 9.17) is 42.3 Å². The van der Waals surface area contributed by atoms with Crippen molar-refractivity contribution in [3.05, 3.63) is 45.3 Å². The highest BCUT2D eigenvalue weighted by Crippen LogP contribution is 2.35. The van der Waals surface area contributed by atoms with Gasteiger partial charge in [0.15, 0.2) is 5.75 Å². The van der Waals surface area contributed by atoms with Crippen LogP contribution in [-0.2, 0) is 11.2 Å². The molecule has 1 aromatic heterocycles. The second-order valence-electron chi connectivity index (χ2n) is 6.44. The van der Waals surface area contributed by atoms with Crippen molar-refractivity contribution < 1.29 is 19.1 Å². The number of aryl methyl sites for hydroxylation is 2. The van der Waals surface area contributed by atoms with Gasteiger partial charge in [0.2, 0.25) is 5.90 Å². The fourth-order valence-corrected chi connectivity index (χ4v) is 3.37. The van der Waals surface area contributed by atoms with Gasteiger partial charge in [0.05, 0.1) is 29.0 Å². The molecule has 2 heterocycles. The van der Waals surface area contributed by atoms with E-state index in [0.29, 0.717) is 40.5 Å². The summed E-state index contributed by atoms with van der Waals surface area (Å²) in [7, 11) is 0. The van der Waals surface area contributed by atoms with Crippen molar-refractivity contribution in [2.24, 2.45) is 4.99 Å². The average Bonchev–Trinajstić information content (AvgIpc) is 3.28. The van der Waals surface area contributed by atoms with E-state index in [1.165, 1.54) is 0 Å². The van der Waals surface area contributed by atoms with Crippen molar-refractivity contribution in [1.29, 1.82) is 0 Å². The Morgan fingerprint density at radius 3 is 2.59 bits per heavy atom. The van der Waals surface area contributed by atoms with Crippen molar-refractivity contribution >= 4 is 29.1 Å². The van der Waals surface area contributed by atoms with Gasteiger partial charge in [0, 0.05) is 18.1 Å². The average molecular weight is 413 g/mol. The monoisotopic (exact) mass is 412 g/mol. The summed E-state index contributed by atoms with van der Waals surface area (Å²) >= 11 is 12.6. The molecule has 0 saturated carbocycles. The minimum absolute atomic E-state index is 0.0534. The summed E-state index contributed by atoms with van der Waals surface area (Å²) in [6.45, 7) is 2.74. The fourth-order valence-electron chi connectivity index (χ4n) is 2.77. The Labute approximate surface area is 168 Å². The molecule has 8 heteroatoms. The highest BCUT2D eigenvalue weighted by molar-refractivity contribution is 6.37. The molecule has 146 valence electrons. The van der Waals surface area contributed by atoms with Crippen LogP contribution in [0.3, 0.4) is 0 Å².